The lowest BCUT2D eigenvalue weighted by molar-refractivity contribution is -0.207. The Morgan fingerprint density at radius 2 is 1.87 bits per heavy atom. The fraction of sp³-hybridized carbons (Fsp3) is 0.435. The summed E-state index contributed by atoms with van der Waals surface area (Å²) >= 11 is 0. The van der Waals surface area contributed by atoms with Gasteiger partial charge in [0, 0.05) is 23.9 Å². The average Bonchev–Trinajstić information content (AvgIpc) is 2.78. The molecule has 1 aromatic carbocycles. The van der Waals surface area contributed by atoms with Gasteiger partial charge < -0.3 is 23.8 Å². The molecule has 164 valence electrons. The van der Waals surface area contributed by atoms with E-state index < -0.39 is 23.8 Å². The van der Waals surface area contributed by atoms with Crippen LogP contribution in [0.15, 0.2) is 35.7 Å². The summed E-state index contributed by atoms with van der Waals surface area (Å²) < 4.78 is 22.1. The van der Waals surface area contributed by atoms with Gasteiger partial charge in [0.1, 0.15) is 5.75 Å². The first-order chi connectivity index (χ1) is 15.0. The molecule has 8 nitrogen and oxygen atoms in total. The van der Waals surface area contributed by atoms with E-state index in [-0.39, 0.29) is 31.0 Å². The van der Waals surface area contributed by atoms with Crippen LogP contribution in [0.3, 0.4) is 0 Å². The van der Waals surface area contributed by atoms with Crippen molar-refractivity contribution in [1.82, 2.24) is 4.90 Å². The molecular weight excluding hydrogens is 402 g/mol. The highest BCUT2D eigenvalue weighted by Gasteiger charge is 2.62. The fourth-order valence-corrected chi connectivity index (χ4v) is 4.35. The van der Waals surface area contributed by atoms with Crippen molar-refractivity contribution in [2.45, 2.75) is 44.9 Å². The molecule has 0 saturated heterocycles. The lowest BCUT2D eigenvalue weighted by Gasteiger charge is -2.48. The molecule has 0 aromatic heterocycles. The molecule has 0 bridgehead atoms. The maximum absolute atomic E-state index is 13.3. The zero-order valence-electron chi connectivity index (χ0n) is 17.8. The number of esters is 2. The van der Waals surface area contributed by atoms with E-state index in [2.05, 4.69) is 0 Å². The first-order valence-corrected chi connectivity index (χ1v) is 10.4. The summed E-state index contributed by atoms with van der Waals surface area (Å²) in [4.78, 5) is 41.4. The summed E-state index contributed by atoms with van der Waals surface area (Å²) in [5, 5.41) is 0. The van der Waals surface area contributed by atoms with E-state index in [1.54, 1.807) is 27.0 Å². The van der Waals surface area contributed by atoms with Gasteiger partial charge in [-0.15, -0.1) is 0 Å². The summed E-state index contributed by atoms with van der Waals surface area (Å²) in [6, 6.07) is 5.49. The number of fused-ring (bicyclic) bond motifs is 4. The zero-order chi connectivity index (χ0) is 22.2. The molecule has 31 heavy (non-hydrogen) atoms. The number of rotatable bonds is 5. The van der Waals surface area contributed by atoms with Gasteiger partial charge in [-0.2, -0.15) is 0 Å². The Labute approximate surface area is 180 Å². The third-order valence-electron chi connectivity index (χ3n) is 5.69. The van der Waals surface area contributed by atoms with Crippen LogP contribution < -0.4 is 4.74 Å². The maximum atomic E-state index is 13.3. The van der Waals surface area contributed by atoms with Crippen LogP contribution >= 0.6 is 0 Å². The monoisotopic (exact) mass is 427 g/mol. The summed E-state index contributed by atoms with van der Waals surface area (Å²) in [6.45, 7) is 3.32. The molecule has 4 rings (SSSR count). The quantitative estimate of drug-likeness (QED) is 0.523. The second kappa shape index (κ2) is 8.19. The maximum Gasteiger partial charge on any atom is 0.355 e. The predicted molar refractivity (Wildman–Crippen MR) is 110 cm³/mol. The number of methoxy groups -OCH3 is 1. The van der Waals surface area contributed by atoms with Crippen molar-refractivity contribution in [3.63, 3.8) is 0 Å². The highest BCUT2D eigenvalue weighted by atomic mass is 16.6. The van der Waals surface area contributed by atoms with Gasteiger partial charge in [-0.25, -0.2) is 9.59 Å². The van der Waals surface area contributed by atoms with Crippen molar-refractivity contribution >= 4 is 23.8 Å². The van der Waals surface area contributed by atoms with Crippen LogP contribution in [0.25, 0.3) is 6.08 Å². The minimum absolute atomic E-state index is 0.0166. The molecule has 0 radical (unpaired) electrons. The van der Waals surface area contributed by atoms with E-state index in [4.69, 9.17) is 18.9 Å². The number of ether oxygens (including phenoxy) is 4. The molecule has 8 heteroatoms. The standard InChI is InChI=1S/C23H25NO7/c1-4-29-21(26)23(22(27)30-5-2)19-17(7-6-8-18(19)25)24-12-11-14-9-10-15(28-3)13-16(14)20(24)31-23/h9-13,20H,4-8H2,1-3H3/t20-/m1/s1. The van der Waals surface area contributed by atoms with Crippen LogP contribution in [0.2, 0.25) is 0 Å². The summed E-state index contributed by atoms with van der Waals surface area (Å²) in [5.74, 6) is -1.58. The second-order valence-electron chi connectivity index (χ2n) is 7.41. The molecule has 0 amide bonds. The molecule has 0 N–H and O–H groups in total. The number of hydrogen-bond donors (Lipinski definition) is 0. The molecule has 1 aliphatic carbocycles. The van der Waals surface area contributed by atoms with Gasteiger partial charge in [0.25, 0.3) is 5.60 Å². The van der Waals surface area contributed by atoms with Crippen LogP contribution in [-0.2, 0) is 28.6 Å². The largest absolute Gasteiger partial charge is 0.497 e. The molecule has 1 aromatic rings. The highest BCUT2D eigenvalue weighted by Crippen LogP contribution is 2.49. The summed E-state index contributed by atoms with van der Waals surface area (Å²) in [5.41, 5.74) is -0.105. The molecule has 2 aliphatic heterocycles. The van der Waals surface area contributed by atoms with Crippen molar-refractivity contribution in [3.05, 3.63) is 46.8 Å². The number of nitrogens with zero attached hydrogens (tertiary/aromatic N) is 1. The molecule has 3 aliphatic rings. The lowest BCUT2D eigenvalue weighted by Crippen LogP contribution is -2.60. The van der Waals surface area contributed by atoms with E-state index in [0.717, 1.165) is 5.56 Å². The molecule has 0 fully saturated rings. The normalized spacial score (nSPS) is 21.1. The zero-order valence-corrected chi connectivity index (χ0v) is 17.8. The summed E-state index contributed by atoms with van der Waals surface area (Å²) in [6.07, 6.45) is 4.24. The topological polar surface area (TPSA) is 91.4 Å². The van der Waals surface area contributed by atoms with Gasteiger partial charge in [0.2, 0.25) is 0 Å². The second-order valence-corrected chi connectivity index (χ2v) is 7.41. The third-order valence-corrected chi connectivity index (χ3v) is 5.69. The Morgan fingerprint density at radius 3 is 2.52 bits per heavy atom. The van der Waals surface area contributed by atoms with E-state index in [1.807, 2.05) is 29.3 Å². The summed E-state index contributed by atoms with van der Waals surface area (Å²) in [7, 11) is 1.56. The number of ketones is 1. The van der Waals surface area contributed by atoms with Crippen LogP contribution in [0.1, 0.15) is 50.5 Å². The minimum atomic E-state index is -2.27. The Balaban J connectivity index is 1.96. The number of carbonyl (C=O) groups excluding carboxylic acids is 3. The molecule has 1 atom stereocenters. The van der Waals surface area contributed by atoms with Gasteiger partial charge in [0.15, 0.2) is 12.0 Å². The number of allylic oxidation sites excluding steroid dienone is 1. The Hall–Kier alpha value is -3.13. The number of benzene rings is 1. The highest BCUT2D eigenvalue weighted by molar-refractivity contribution is 6.17. The molecule has 0 unspecified atom stereocenters. The van der Waals surface area contributed by atoms with E-state index in [9.17, 15) is 14.4 Å². The molecule has 2 heterocycles. The first-order valence-electron chi connectivity index (χ1n) is 10.4. The van der Waals surface area contributed by atoms with E-state index in [1.165, 1.54) is 0 Å². The number of hydrogen-bond acceptors (Lipinski definition) is 8. The predicted octanol–water partition coefficient (Wildman–Crippen LogP) is 2.88. The van der Waals surface area contributed by atoms with Gasteiger partial charge in [-0.3, -0.25) is 4.79 Å². The van der Waals surface area contributed by atoms with Crippen molar-refractivity contribution in [2.24, 2.45) is 0 Å². The van der Waals surface area contributed by atoms with Gasteiger partial charge in [-0.05, 0) is 50.5 Å². The molecular formula is C23H25NO7. The van der Waals surface area contributed by atoms with Crippen molar-refractivity contribution in [3.8, 4) is 5.75 Å². The first kappa shape index (κ1) is 21.1. The van der Waals surface area contributed by atoms with Gasteiger partial charge in [0.05, 0.1) is 25.9 Å². The Morgan fingerprint density at radius 1 is 1.16 bits per heavy atom. The van der Waals surface area contributed by atoms with E-state index in [0.29, 0.717) is 29.9 Å². The smallest absolute Gasteiger partial charge is 0.355 e. The van der Waals surface area contributed by atoms with Crippen molar-refractivity contribution in [2.75, 3.05) is 20.3 Å². The van der Waals surface area contributed by atoms with Crippen LogP contribution in [0, 0.1) is 0 Å². The Kier molecular flexibility index (Phi) is 5.58. The van der Waals surface area contributed by atoms with Crippen LogP contribution in [0.4, 0.5) is 0 Å². The average molecular weight is 427 g/mol. The fourth-order valence-electron chi connectivity index (χ4n) is 4.35. The molecule has 0 spiro atoms. The Bertz CT molecular complexity index is 976. The number of Topliss-reactive ketones (excluding diaryl/α,β-unsaturated/α-hetero) is 1. The molecule has 0 saturated carbocycles. The van der Waals surface area contributed by atoms with Gasteiger partial charge >= 0.3 is 11.9 Å². The van der Waals surface area contributed by atoms with Crippen LogP contribution in [-0.4, -0.2) is 48.5 Å². The van der Waals surface area contributed by atoms with Crippen molar-refractivity contribution < 1.29 is 33.3 Å². The van der Waals surface area contributed by atoms with E-state index >= 15 is 0 Å². The lowest BCUT2D eigenvalue weighted by atomic mass is 9.79. The van der Waals surface area contributed by atoms with Gasteiger partial charge in [-0.1, -0.05) is 6.07 Å². The minimum Gasteiger partial charge on any atom is -0.497 e. The number of carbonyl (C=O) groups is 3. The SMILES string of the molecule is CCOC(=O)C1(C(=O)OCC)O[C@@H]2c3cc(OC)ccc3C=CN2C2=C1C(=O)CCC2. The van der Waals surface area contributed by atoms with Crippen molar-refractivity contribution in [1.29, 1.82) is 0 Å². The third kappa shape index (κ3) is 3.22. The van der Waals surface area contributed by atoms with Crippen LogP contribution in [0.5, 0.6) is 5.75 Å².